The van der Waals surface area contributed by atoms with E-state index < -0.39 is 0 Å². The number of nitrogens with two attached hydrogens (primary N) is 1. The molecule has 0 unspecified atom stereocenters. The molecule has 0 aromatic carbocycles. The first-order valence-electron chi connectivity index (χ1n) is 7.44. The van der Waals surface area contributed by atoms with Crippen LogP contribution in [-0.4, -0.2) is 31.5 Å². The summed E-state index contributed by atoms with van der Waals surface area (Å²) in [5.41, 5.74) is 9.50. The first-order valence-corrected chi connectivity index (χ1v) is 7.44. The predicted octanol–water partition coefficient (Wildman–Crippen LogP) is 2.54. The first kappa shape index (κ1) is 12.6. The second-order valence-electron chi connectivity index (χ2n) is 6.12. The van der Waals surface area contributed by atoms with Crippen LogP contribution in [0.5, 0.6) is 0 Å². The molecule has 1 spiro atoms. The Bertz CT molecular complexity index is 316. The average molecular weight is 251 g/mol. The van der Waals surface area contributed by atoms with Crippen molar-refractivity contribution in [2.75, 3.05) is 19.8 Å². The Balaban J connectivity index is 1.71. The molecular weight excluding hydrogens is 226 g/mol. The van der Waals surface area contributed by atoms with Crippen LogP contribution in [0.2, 0.25) is 0 Å². The third-order valence-corrected chi connectivity index (χ3v) is 4.89. The minimum atomic E-state index is 0.110. The first-order chi connectivity index (χ1) is 8.77. The van der Waals surface area contributed by atoms with Gasteiger partial charge in [-0.1, -0.05) is 11.1 Å². The van der Waals surface area contributed by atoms with Gasteiger partial charge in [-0.25, -0.2) is 0 Å². The highest BCUT2D eigenvalue weighted by atomic mass is 16.5. The molecule has 0 atom stereocenters. The van der Waals surface area contributed by atoms with Gasteiger partial charge in [0.05, 0.1) is 12.2 Å². The summed E-state index contributed by atoms with van der Waals surface area (Å²) in [7, 11) is 0. The fourth-order valence-corrected chi connectivity index (χ4v) is 3.63. The van der Waals surface area contributed by atoms with Crippen molar-refractivity contribution in [1.29, 1.82) is 0 Å². The van der Waals surface area contributed by atoms with E-state index in [1.54, 1.807) is 11.1 Å². The fraction of sp³-hybridized carbons (Fsp3) is 0.867. The Hall–Kier alpha value is -0.380. The van der Waals surface area contributed by atoms with E-state index in [2.05, 4.69) is 0 Å². The van der Waals surface area contributed by atoms with E-state index >= 15 is 0 Å². The van der Waals surface area contributed by atoms with Gasteiger partial charge in [-0.2, -0.15) is 0 Å². The van der Waals surface area contributed by atoms with Crippen LogP contribution in [0.25, 0.3) is 0 Å². The van der Waals surface area contributed by atoms with Gasteiger partial charge in [-0.15, -0.1) is 0 Å². The summed E-state index contributed by atoms with van der Waals surface area (Å²) in [6, 6.07) is 0.436. The standard InChI is InChI=1S/C15H25NO2/c16-14-3-1-12(2-4-14)13-5-8-18-15(11-13)6-9-17-10-7-15/h14H,1-11,16H2. The maximum atomic E-state index is 6.11. The Kier molecular flexibility index (Phi) is 3.73. The lowest BCUT2D eigenvalue weighted by atomic mass is 9.79. The highest BCUT2D eigenvalue weighted by Gasteiger charge is 2.37. The number of hydrogen-bond donors (Lipinski definition) is 1. The molecule has 2 aliphatic heterocycles. The van der Waals surface area contributed by atoms with Crippen molar-refractivity contribution >= 4 is 0 Å². The molecule has 2 heterocycles. The molecule has 3 rings (SSSR count). The lowest BCUT2D eigenvalue weighted by Crippen LogP contribution is -2.42. The lowest BCUT2D eigenvalue weighted by molar-refractivity contribution is -0.121. The van der Waals surface area contributed by atoms with Crippen molar-refractivity contribution in [3.05, 3.63) is 11.1 Å². The van der Waals surface area contributed by atoms with Crippen molar-refractivity contribution in [1.82, 2.24) is 0 Å². The van der Waals surface area contributed by atoms with Crippen LogP contribution in [0.4, 0.5) is 0 Å². The Morgan fingerprint density at radius 2 is 1.67 bits per heavy atom. The number of ether oxygens (including phenoxy) is 2. The fourth-order valence-electron chi connectivity index (χ4n) is 3.63. The largest absolute Gasteiger partial charge is 0.381 e. The molecule has 2 N–H and O–H groups in total. The minimum absolute atomic E-state index is 0.110. The summed E-state index contributed by atoms with van der Waals surface area (Å²) in [5, 5.41) is 0. The van der Waals surface area contributed by atoms with Crippen LogP contribution >= 0.6 is 0 Å². The monoisotopic (exact) mass is 251 g/mol. The van der Waals surface area contributed by atoms with E-state index in [4.69, 9.17) is 15.2 Å². The molecule has 3 aliphatic rings. The second kappa shape index (κ2) is 5.32. The zero-order chi connectivity index (χ0) is 12.4. The average Bonchev–Trinajstić information content (AvgIpc) is 2.40. The van der Waals surface area contributed by atoms with Crippen LogP contribution < -0.4 is 5.73 Å². The van der Waals surface area contributed by atoms with Gasteiger partial charge in [0.25, 0.3) is 0 Å². The molecule has 0 bridgehead atoms. The molecule has 0 aromatic heterocycles. The van der Waals surface area contributed by atoms with Crippen molar-refractivity contribution < 1.29 is 9.47 Å². The van der Waals surface area contributed by atoms with Crippen LogP contribution in [-0.2, 0) is 9.47 Å². The maximum Gasteiger partial charge on any atom is 0.0763 e. The van der Waals surface area contributed by atoms with Crippen molar-refractivity contribution in [3.8, 4) is 0 Å². The highest BCUT2D eigenvalue weighted by Crippen LogP contribution is 2.40. The zero-order valence-electron chi connectivity index (χ0n) is 11.2. The lowest BCUT2D eigenvalue weighted by Gasteiger charge is -2.42. The van der Waals surface area contributed by atoms with Gasteiger partial charge in [0.2, 0.25) is 0 Å². The number of allylic oxidation sites excluding steroid dienone is 1. The van der Waals surface area contributed by atoms with Crippen LogP contribution in [0.1, 0.15) is 51.4 Å². The van der Waals surface area contributed by atoms with E-state index in [9.17, 15) is 0 Å². The van der Waals surface area contributed by atoms with Gasteiger partial charge in [-0.3, -0.25) is 0 Å². The molecule has 1 aliphatic carbocycles. The summed E-state index contributed by atoms with van der Waals surface area (Å²) >= 11 is 0. The second-order valence-corrected chi connectivity index (χ2v) is 6.12. The van der Waals surface area contributed by atoms with E-state index in [1.165, 1.54) is 25.7 Å². The maximum absolute atomic E-state index is 6.11. The Morgan fingerprint density at radius 3 is 2.39 bits per heavy atom. The third-order valence-electron chi connectivity index (χ3n) is 4.89. The zero-order valence-corrected chi connectivity index (χ0v) is 11.2. The SMILES string of the molecule is NC1CCC(=C2CCOC3(CCOCC3)C2)CC1. The summed E-state index contributed by atoms with van der Waals surface area (Å²) in [6.07, 6.45) is 9.25. The molecule has 102 valence electrons. The Morgan fingerprint density at radius 1 is 0.944 bits per heavy atom. The molecule has 0 aromatic rings. The summed E-state index contributed by atoms with van der Waals surface area (Å²) in [5.74, 6) is 0. The van der Waals surface area contributed by atoms with Gasteiger partial charge < -0.3 is 15.2 Å². The molecular formula is C15H25NO2. The molecule has 2 saturated heterocycles. The molecule has 1 saturated carbocycles. The molecule has 3 nitrogen and oxygen atoms in total. The third kappa shape index (κ3) is 2.63. The topological polar surface area (TPSA) is 44.5 Å². The van der Waals surface area contributed by atoms with Gasteiger partial charge in [-0.05, 0) is 38.5 Å². The number of hydrogen-bond acceptors (Lipinski definition) is 3. The minimum Gasteiger partial charge on any atom is -0.381 e. The van der Waals surface area contributed by atoms with E-state index in [0.717, 1.165) is 45.5 Å². The van der Waals surface area contributed by atoms with Gasteiger partial charge in [0.1, 0.15) is 0 Å². The number of rotatable bonds is 0. The van der Waals surface area contributed by atoms with Crippen molar-refractivity contribution in [2.24, 2.45) is 5.73 Å². The summed E-state index contributed by atoms with van der Waals surface area (Å²) < 4.78 is 11.6. The van der Waals surface area contributed by atoms with Gasteiger partial charge >= 0.3 is 0 Å². The van der Waals surface area contributed by atoms with Crippen molar-refractivity contribution in [3.63, 3.8) is 0 Å². The Labute approximate surface area is 110 Å². The van der Waals surface area contributed by atoms with Gasteiger partial charge in [0, 0.05) is 32.1 Å². The molecule has 0 radical (unpaired) electrons. The molecule has 3 fully saturated rings. The highest BCUT2D eigenvalue weighted by molar-refractivity contribution is 5.21. The summed E-state index contributed by atoms with van der Waals surface area (Å²) in [4.78, 5) is 0. The smallest absolute Gasteiger partial charge is 0.0763 e. The normalized spacial score (nSPS) is 32.8. The molecule has 18 heavy (non-hydrogen) atoms. The predicted molar refractivity (Wildman–Crippen MR) is 71.4 cm³/mol. The van der Waals surface area contributed by atoms with Gasteiger partial charge in [0.15, 0.2) is 0 Å². The van der Waals surface area contributed by atoms with Crippen LogP contribution in [0, 0.1) is 0 Å². The molecule has 0 amide bonds. The summed E-state index contributed by atoms with van der Waals surface area (Å²) in [6.45, 7) is 2.64. The molecule has 3 heteroatoms. The van der Waals surface area contributed by atoms with Crippen molar-refractivity contribution in [2.45, 2.75) is 63.0 Å². The van der Waals surface area contributed by atoms with E-state index in [-0.39, 0.29) is 5.60 Å². The van der Waals surface area contributed by atoms with Crippen LogP contribution in [0.3, 0.4) is 0 Å². The van der Waals surface area contributed by atoms with E-state index in [0.29, 0.717) is 6.04 Å². The quantitative estimate of drug-likeness (QED) is 0.673. The van der Waals surface area contributed by atoms with Crippen LogP contribution in [0.15, 0.2) is 11.1 Å². The van der Waals surface area contributed by atoms with E-state index in [1.807, 2.05) is 0 Å².